The van der Waals surface area contributed by atoms with Gasteiger partial charge in [-0.25, -0.2) is 0 Å². The van der Waals surface area contributed by atoms with E-state index in [1.807, 2.05) is 53.4 Å². The van der Waals surface area contributed by atoms with Crippen molar-refractivity contribution >= 4 is 5.91 Å². The van der Waals surface area contributed by atoms with E-state index in [9.17, 15) is 9.90 Å². The molecule has 1 amide bonds. The van der Waals surface area contributed by atoms with Crippen LogP contribution in [-0.4, -0.2) is 55.4 Å². The van der Waals surface area contributed by atoms with Crippen molar-refractivity contribution in [1.29, 1.82) is 0 Å². The van der Waals surface area contributed by atoms with Crippen molar-refractivity contribution in [2.24, 2.45) is 11.8 Å². The van der Waals surface area contributed by atoms with Crippen LogP contribution in [0.25, 0.3) is 0 Å². The van der Waals surface area contributed by atoms with E-state index in [0.717, 1.165) is 17.7 Å². The highest BCUT2D eigenvalue weighted by Crippen LogP contribution is 2.39. The third kappa shape index (κ3) is 4.24. The second-order valence-electron chi connectivity index (χ2n) is 8.15. The zero-order valence-corrected chi connectivity index (χ0v) is 17.5. The van der Waals surface area contributed by atoms with E-state index >= 15 is 0 Å². The van der Waals surface area contributed by atoms with Crippen molar-refractivity contribution in [3.05, 3.63) is 54.1 Å². The molecule has 2 aromatic carbocycles. The van der Waals surface area contributed by atoms with Crippen LogP contribution in [0, 0.1) is 11.8 Å². The fraction of sp³-hybridized carbons (Fsp3) is 0.458. The first-order valence-electron chi connectivity index (χ1n) is 10.5. The summed E-state index contributed by atoms with van der Waals surface area (Å²) in [6.45, 7) is 1.40. The van der Waals surface area contributed by atoms with Crippen LogP contribution >= 0.6 is 0 Å². The van der Waals surface area contributed by atoms with E-state index in [2.05, 4.69) is 0 Å². The van der Waals surface area contributed by atoms with Crippen molar-refractivity contribution in [3.8, 4) is 17.2 Å². The van der Waals surface area contributed by atoms with E-state index in [-0.39, 0.29) is 12.0 Å². The van der Waals surface area contributed by atoms with Crippen molar-refractivity contribution in [1.82, 2.24) is 4.90 Å². The maximum atomic E-state index is 12.9. The third-order valence-corrected chi connectivity index (χ3v) is 6.32. The van der Waals surface area contributed by atoms with Gasteiger partial charge < -0.3 is 24.2 Å². The zero-order valence-electron chi connectivity index (χ0n) is 17.5. The highest BCUT2D eigenvalue weighted by Gasteiger charge is 2.44. The van der Waals surface area contributed by atoms with E-state index in [0.29, 0.717) is 49.3 Å². The van der Waals surface area contributed by atoms with E-state index in [1.165, 1.54) is 0 Å². The Labute approximate surface area is 177 Å². The smallest absolute Gasteiger partial charge is 0.227 e. The molecule has 1 N–H and O–H groups in total. The number of likely N-dealkylation sites (tertiary alicyclic amines) is 1. The van der Waals surface area contributed by atoms with E-state index < -0.39 is 6.10 Å². The Bertz CT molecular complexity index is 885. The summed E-state index contributed by atoms with van der Waals surface area (Å²) in [5, 5.41) is 10.7. The zero-order chi connectivity index (χ0) is 21.1. The monoisotopic (exact) mass is 411 g/mol. The summed E-state index contributed by atoms with van der Waals surface area (Å²) >= 11 is 0. The molecule has 1 aliphatic heterocycles. The number of para-hydroxylation sites is 3. The first kappa shape index (κ1) is 20.5. The lowest BCUT2D eigenvalue weighted by Gasteiger charge is -2.35. The van der Waals surface area contributed by atoms with Gasteiger partial charge >= 0.3 is 0 Å². The number of hydrogen-bond acceptors (Lipinski definition) is 5. The molecular formula is C24H29NO5. The molecule has 160 valence electrons. The number of hydrogen-bond donors (Lipinski definition) is 1. The summed E-state index contributed by atoms with van der Waals surface area (Å²) < 4.78 is 16.9. The number of nitrogens with zero attached hydrogens (tertiary/aromatic N) is 1. The largest absolute Gasteiger partial charge is 0.496 e. The quantitative estimate of drug-likeness (QED) is 0.792. The second kappa shape index (κ2) is 8.96. The van der Waals surface area contributed by atoms with Gasteiger partial charge in [0.25, 0.3) is 0 Å². The Hall–Kier alpha value is -2.73. The second-order valence-corrected chi connectivity index (χ2v) is 8.15. The standard InChI is InChI=1S/C24H29NO5/c1-28-20-8-4-3-7-16(20)13-24(27)25-14-17-11-19(26)23(12-18(17)15-25)30-22-10-6-5-9-21(22)29-2/h3-10,17-19,23,26H,11-15H2,1-2H3/t17-,18+,19+,23+/m0/s1. The first-order valence-corrected chi connectivity index (χ1v) is 10.5. The predicted octanol–water partition coefficient (Wildman–Crippen LogP) is 2.92. The van der Waals surface area contributed by atoms with E-state index in [1.54, 1.807) is 14.2 Å². The third-order valence-electron chi connectivity index (χ3n) is 6.32. The molecule has 30 heavy (non-hydrogen) atoms. The van der Waals surface area contributed by atoms with Crippen molar-refractivity contribution < 1.29 is 24.1 Å². The molecule has 0 unspecified atom stereocenters. The molecule has 1 saturated heterocycles. The van der Waals surface area contributed by atoms with Gasteiger partial charge in [-0.3, -0.25) is 4.79 Å². The highest BCUT2D eigenvalue weighted by molar-refractivity contribution is 5.79. The Morgan fingerprint density at radius 2 is 1.53 bits per heavy atom. The fourth-order valence-electron chi connectivity index (χ4n) is 4.72. The predicted molar refractivity (Wildman–Crippen MR) is 113 cm³/mol. The van der Waals surface area contributed by atoms with Crippen LogP contribution in [0.2, 0.25) is 0 Å². The molecule has 0 bridgehead atoms. The first-order chi connectivity index (χ1) is 14.6. The Balaban J connectivity index is 1.40. The minimum Gasteiger partial charge on any atom is -0.496 e. The number of aliphatic hydroxyl groups excluding tert-OH is 1. The fourth-order valence-corrected chi connectivity index (χ4v) is 4.72. The molecule has 1 aliphatic carbocycles. The molecule has 2 aromatic rings. The Kier molecular flexibility index (Phi) is 6.13. The van der Waals surface area contributed by atoms with Crippen molar-refractivity contribution in [2.45, 2.75) is 31.5 Å². The molecule has 2 aliphatic rings. The molecule has 2 fully saturated rings. The molecule has 4 rings (SSSR count). The lowest BCUT2D eigenvalue weighted by atomic mass is 9.78. The summed E-state index contributed by atoms with van der Waals surface area (Å²) in [7, 11) is 3.23. The average Bonchev–Trinajstić information content (AvgIpc) is 3.17. The molecule has 6 heteroatoms. The lowest BCUT2D eigenvalue weighted by Crippen LogP contribution is -2.42. The summed E-state index contributed by atoms with van der Waals surface area (Å²) in [6.07, 6.45) is 0.838. The number of methoxy groups -OCH3 is 2. The number of carbonyl (C=O) groups excluding carboxylic acids is 1. The van der Waals surface area contributed by atoms with Crippen LogP contribution in [0.15, 0.2) is 48.5 Å². The summed E-state index contributed by atoms with van der Waals surface area (Å²) in [5.74, 6) is 2.78. The number of ether oxygens (including phenoxy) is 3. The van der Waals surface area contributed by atoms with Gasteiger partial charge in [-0.15, -0.1) is 0 Å². The Morgan fingerprint density at radius 3 is 2.23 bits per heavy atom. The van der Waals surface area contributed by atoms with Crippen molar-refractivity contribution in [2.75, 3.05) is 27.3 Å². The number of rotatable bonds is 6. The van der Waals surface area contributed by atoms with Crippen LogP contribution in [0.5, 0.6) is 17.2 Å². The highest BCUT2D eigenvalue weighted by atomic mass is 16.5. The average molecular weight is 411 g/mol. The summed E-state index contributed by atoms with van der Waals surface area (Å²) in [4.78, 5) is 14.9. The van der Waals surface area contributed by atoms with Gasteiger partial charge in [-0.2, -0.15) is 0 Å². The van der Waals surface area contributed by atoms with Crippen LogP contribution in [0.3, 0.4) is 0 Å². The molecule has 1 heterocycles. The van der Waals surface area contributed by atoms with E-state index in [4.69, 9.17) is 14.2 Å². The molecule has 0 spiro atoms. The number of amides is 1. The summed E-state index contributed by atoms with van der Waals surface area (Å²) in [5.41, 5.74) is 0.900. The maximum absolute atomic E-state index is 12.9. The summed E-state index contributed by atoms with van der Waals surface area (Å²) in [6, 6.07) is 15.1. The topological polar surface area (TPSA) is 68.2 Å². The minimum atomic E-state index is -0.555. The van der Waals surface area contributed by atoms with Gasteiger partial charge in [0.15, 0.2) is 11.5 Å². The molecule has 1 saturated carbocycles. The van der Waals surface area contributed by atoms with Crippen LogP contribution in [-0.2, 0) is 11.2 Å². The van der Waals surface area contributed by atoms with Crippen LogP contribution in [0.4, 0.5) is 0 Å². The number of aliphatic hydroxyl groups is 1. The maximum Gasteiger partial charge on any atom is 0.227 e. The van der Waals surface area contributed by atoms with Gasteiger partial charge in [0.1, 0.15) is 11.9 Å². The molecule has 4 atom stereocenters. The van der Waals surface area contributed by atoms with Crippen LogP contribution < -0.4 is 14.2 Å². The molecule has 6 nitrogen and oxygen atoms in total. The molecule has 0 radical (unpaired) electrons. The van der Waals surface area contributed by atoms with Gasteiger partial charge in [0.2, 0.25) is 5.91 Å². The lowest BCUT2D eigenvalue weighted by molar-refractivity contribution is -0.129. The minimum absolute atomic E-state index is 0.102. The molecular weight excluding hydrogens is 382 g/mol. The van der Waals surface area contributed by atoms with Crippen LogP contribution in [0.1, 0.15) is 18.4 Å². The Morgan fingerprint density at radius 1 is 0.933 bits per heavy atom. The van der Waals surface area contributed by atoms with Gasteiger partial charge in [0.05, 0.1) is 26.7 Å². The SMILES string of the molecule is COc1ccccc1CC(=O)N1C[C@H]2C[C@@H](Oc3ccccc3OC)[C@H](O)C[C@H]2C1. The number of carbonyl (C=O) groups is 1. The number of fused-ring (bicyclic) bond motifs is 1. The van der Waals surface area contributed by atoms with Gasteiger partial charge in [-0.05, 0) is 42.9 Å². The van der Waals surface area contributed by atoms with Gasteiger partial charge in [-0.1, -0.05) is 30.3 Å². The normalized spacial score (nSPS) is 25.5. The van der Waals surface area contributed by atoms with Gasteiger partial charge in [0, 0.05) is 18.7 Å². The van der Waals surface area contributed by atoms with Crippen molar-refractivity contribution in [3.63, 3.8) is 0 Å². The number of benzene rings is 2. The molecule has 0 aromatic heterocycles.